The van der Waals surface area contributed by atoms with Crippen LogP contribution in [-0.2, 0) is 0 Å². The molecule has 0 atom stereocenters. The summed E-state index contributed by atoms with van der Waals surface area (Å²) in [5.41, 5.74) is 16.9. The minimum Gasteiger partial charge on any atom is -0.351 e. The van der Waals surface area contributed by atoms with Crippen molar-refractivity contribution in [3.05, 3.63) is 83.2 Å². The van der Waals surface area contributed by atoms with Crippen LogP contribution < -0.4 is 10.9 Å². The molecule has 2 N–H and O–H groups in total. The van der Waals surface area contributed by atoms with Gasteiger partial charge in [-0.05, 0) is 71.9 Å². The van der Waals surface area contributed by atoms with E-state index < -0.39 is 0 Å². The maximum atomic E-state index is 4.96. The van der Waals surface area contributed by atoms with E-state index in [-0.39, 0.29) is 10.8 Å². The lowest BCUT2D eigenvalue weighted by atomic mass is 9.68. The Bertz CT molecular complexity index is 1120. The fourth-order valence-electron chi connectivity index (χ4n) is 5.59. The topological polar surface area (TPSA) is 52.0 Å². The maximum absolute atomic E-state index is 4.96. The first-order valence-corrected chi connectivity index (χ1v) is 12.6. The molecule has 0 aromatic heterocycles. The SMILES string of the molecule is CN1C2=C(CC3=C1CC(C)(C)CC3=NNc1ccccc1)C(=NNc1ccccc1)CC(C)(C)C2. The molecule has 1 aliphatic heterocycles. The highest BCUT2D eigenvalue weighted by Gasteiger charge is 2.42. The second kappa shape index (κ2) is 9.03. The summed E-state index contributed by atoms with van der Waals surface area (Å²) in [7, 11) is 2.25. The molecule has 0 saturated heterocycles. The summed E-state index contributed by atoms with van der Waals surface area (Å²) in [4.78, 5) is 2.46. The Labute approximate surface area is 209 Å². The summed E-state index contributed by atoms with van der Waals surface area (Å²) in [6, 6.07) is 20.4. The van der Waals surface area contributed by atoms with Gasteiger partial charge >= 0.3 is 0 Å². The molecule has 5 heteroatoms. The molecule has 35 heavy (non-hydrogen) atoms. The van der Waals surface area contributed by atoms with E-state index in [9.17, 15) is 0 Å². The number of benzene rings is 2. The molecule has 0 spiro atoms. The molecule has 5 nitrogen and oxygen atoms in total. The second-order valence-electron chi connectivity index (χ2n) is 11.7. The highest BCUT2D eigenvalue weighted by atomic mass is 15.3. The molecular weight excluding hydrogens is 430 g/mol. The first kappa shape index (κ1) is 23.4. The van der Waals surface area contributed by atoms with Crippen molar-refractivity contribution in [2.75, 3.05) is 17.9 Å². The van der Waals surface area contributed by atoms with Gasteiger partial charge in [0, 0.05) is 24.9 Å². The molecule has 0 bridgehead atoms. The van der Waals surface area contributed by atoms with Gasteiger partial charge in [-0.2, -0.15) is 10.2 Å². The van der Waals surface area contributed by atoms with Crippen LogP contribution in [-0.4, -0.2) is 23.4 Å². The quantitative estimate of drug-likeness (QED) is 0.460. The molecular formula is C30H37N5. The third kappa shape index (κ3) is 5.04. The van der Waals surface area contributed by atoms with Crippen LogP contribution >= 0.6 is 0 Å². The standard InChI is InChI=1S/C30H37N5/c1-29(2)17-25(33-31-21-12-8-6-9-13-21)23-16-24-26(34-32-22-14-10-7-11-15-22)18-30(3,4)20-28(24)35(5)27(23)19-29/h6-15,31-32H,16-20H2,1-5H3. The van der Waals surface area contributed by atoms with E-state index in [0.29, 0.717) is 0 Å². The summed E-state index contributed by atoms with van der Waals surface area (Å²) < 4.78 is 0. The zero-order valence-corrected chi connectivity index (χ0v) is 21.7. The summed E-state index contributed by atoms with van der Waals surface area (Å²) in [5, 5.41) is 9.91. The number of allylic oxidation sites excluding steroid dienone is 4. The van der Waals surface area contributed by atoms with Gasteiger partial charge in [-0.3, -0.25) is 10.9 Å². The van der Waals surface area contributed by atoms with E-state index in [4.69, 9.17) is 10.2 Å². The van der Waals surface area contributed by atoms with Gasteiger partial charge in [-0.15, -0.1) is 0 Å². The summed E-state index contributed by atoms with van der Waals surface area (Å²) in [6.07, 6.45) is 4.95. The Morgan fingerprint density at radius 3 is 1.43 bits per heavy atom. The van der Waals surface area contributed by atoms with Crippen molar-refractivity contribution in [1.29, 1.82) is 0 Å². The van der Waals surface area contributed by atoms with Crippen molar-refractivity contribution in [2.24, 2.45) is 21.0 Å². The third-order valence-corrected chi connectivity index (χ3v) is 7.33. The molecule has 2 aromatic rings. The van der Waals surface area contributed by atoms with E-state index in [2.05, 4.69) is 74.8 Å². The lowest BCUT2D eigenvalue weighted by Crippen LogP contribution is -2.40. The smallest absolute Gasteiger partial charge is 0.0665 e. The summed E-state index contributed by atoms with van der Waals surface area (Å²) in [6.45, 7) is 9.42. The maximum Gasteiger partial charge on any atom is 0.0665 e. The number of hydrazone groups is 2. The first-order chi connectivity index (χ1) is 16.7. The molecule has 1 heterocycles. The van der Waals surface area contributed by atoms with Gasteiger partial charge in [0.25, 0.3) is 0 Å². The Hall–Kier alpha value is -3.34. The highest BCUT2D eigenvalue weighted by Crippen LogP contribution is 2.49. The van der Waals surface area contributed by atoms with Gasteiger partial charge in [0.15, 0.2) is 0 Å². The van der Waals surface area contributed by atoms with E-state index in [1.54, 1.807) is 0 Å². The van der Waals surface area contributed by atoms with Gasteiger partial charge in [-0.1, -0.05) is 64.1 Å². The zero-order chi connectivity index (χ0) is 24.6. The van der Waals surface area contributed by atoms with Gasteiger partial charge in [0.2, 0.25) is 0 Å². The van der Waals surface area contributed by atoms with Crippen molar-refractivity contribution in [2.45, 2.75) is 59.8 Å². The Morgan fingerprint density at radius 2 is 1.03 bits per heavy atom. The van der Waals surface area contributed by atoms with E-state index in [1.807, 2.05) is 36.4 Å². The molecule has 182 valence electrons. The van der Waals surface area contributed by atoms with E-state index >= 15 is 0 Å². The monoisotopic (exact) mass is 467 g/mol. The van der Waals surface area contributed by atoms with Crippen LogP contribution in [0.2, 0.25) is 0 Å². The number of anilines is 2. The third-order valence-electron chi connectivity index (χ3n) is 7.33. The number of para-hydroxylation sites is 2. The van der Waals surface area contributed by atoms with Crippen LogP contribution in [0.25, 0.3) is 0 Å². The average Bonchev–Trinajstić information content (AvgIpc) is 2.83. The number of rotatable bonds is 4. The summed E-state index contributed by atoms with van der Waals surface area (Å²) in [5.74, 6) is 0. The number of nitrogens with zero attached hydrogens (tertiary/aromatic N) is 3. The normalized spacial score (nSPS) is 23.3. The van der Waals surface area contributed by atoms with Gasteiger partial charge in [0.1, 0.15) is 0 Å². The molecule has 0 saturated carbocycles. The van der Waals surface area contributed by atoms with Gasteiger partial charge < -0.3 is 4.90 Å². The van der Waals surface area contributed by atoms with Crippen LogP contribution in [0, 0.1) is 10.8 Å². The molecule has 2 aromatic carbocycles. The summed E-state index contributed by atoms with van der Waals surface area (Å²) >= 11 is 0. The van der Waals surface area contributed by atoms with Crippen molar-refractivity contribution >= 4 is 22.8 Å². The van der Waals surface area contributed by atoms with Crippen LogP contribution in [0.1, 0.15) is 59.8 Å². The van der Waals surface area contributed by atoms with Gasteiger partial charge in [-0.25, -0.2) is 0 Å². The second-order valence-corrected chi connectivity index (χ2v) is 11.7. The fourth-order valence-corrected chi connectivity index (χ4v) is 5.59. The number of hydrogen-bond donors (Lipinski definition) is 2. The minimum atomic E-state index is 0.165. The van der Waals surface area contributed by atoms with Crippen LogP contribution in [0.15, 0.2) is 93.4 Å². The van der Waals surface area contributed by atoms with Crippen LogP contribution in [0.3, 0.4) is 0 Å². The Balaban J connectivity index is 1.51. The van der Waals surface area contributed by atoms with Gasteiger partial charge in [0.05, 0.1) is 22.8 Å². The minimum absolute atomic E-state index is 0.165. The largest absolute Gasteiger partial charge is 0.351 e. The molecule has 0 fully saturated rings. The lowest BCUT2D eigenvalue weighted by Gasteiger charge is -2.46. The van der Waals surface area contributed by atoms with Crippen molar-refractivity contribution in [3.8, 4) is 0 Å². The van der Waals surface area contributed by atoms with E-state index in [0.717, 1.165) is 43.5 Å². The number of hydrogen-bond acceptors (Lipinski definition) is 5. The molecule has 0 amide bonds. The number of nitrogens with one attached hydrogen (secondary N) is 2. The Kier molecular flexibility index (Phi) is 6.04. The van der Waals surface area contributed by atoms with Crippen molar-refractivity contribution < 1.29 is 0 Å². The predicted molar refractivity (Wildman–Crippen MR) is 147 cm³/mol. The van der Waals surface area contributed by atoms with Crippen molar-refractivity contribution in [1.82, 2.24) is 4.90 Å². The molecule has 0 radical (unpaired) electrons. The molecule has 5 rings (SSSR count). The predicted octanol–water partition coefficient (Wildman–Crippen LogP) is 7.41. The van der Waals surface area contributed by atoms with E-state index in [1.165, 1.54) is 34.0 Å². The molecule has 3 aliphatic rings. The zero-order valence-electron chi connectivity index (χ0n) is 21.7. The highest BCUT2D eigenvalue weighted by molar-refractivity contribution is 6.08. The fraction of sp³-hybridized carbons (Fsp3) is 0.400. The average molecular weight is 468 g/mol. The first-order valence-electron chi connectivity index (χ1n) is 12.6. The van der Waals surface area contributed by atoms with Crippen molar-refractivity contribution in [3.63, 3.8) is 0 Å². The molecule has 0 unspecified atom stereocenters. The van der Waals surface area contributed by atoms with Crippen LogP contribution in [0.5, 0.6) is 0 Å². The molecule has 2 aliphatic carbocycles. The van der Waals surface area contributed by atoms with Crippen LogP contribution in [0.4, 0.5) is 11.4 Å². The lowest BCUT2D eigenvalue weighted by molar-refractivity contribution is 0.283. The Morgan fingerprint density at radius 1 is 0.629 bits per heavy atom.